The van der Waals surface area contributed by atoms with E-state index < -0.39 is 0 Å². The van der Waals surface area contributed by atoms with Gasteiger partial charge in [-0.25, -0.2) is 0 Å². The van der Waals surface area contributed by atoms with Gasteiger partial charge in [-0.15, -0.1) is 0 Å². The van der Waals surface area contributed by atoms with Gasteiger partial charge in [0.05, 0.1) is 6.61 Å². The van der Waals surface area contributed by atoms with E-state index in [1.807, 2.05) is 18.2 Å². The molecule has 0 fully saturated rings. The molecule has 0 aliphatic carbocycles. The molecule has 0 saturated heterocycles. The van der Waals surface area contributed by atoms with Crippen molar-refractivity contribution in [2.24, 2.45) is 0 Å². The van der Waals surface area contributed by atoms with Crippen molar-refractivity contribution in [1.82, 2.24) is 0 Å². The molecular formula is C15H21BrO. The molecule has 0 spiro atoms. The first kappa shape index (κ1) is 14.5. The molecule has 1 rings (SSSR count). The van der Waals surface area contributed by atoms with Crippen LogP contribution in [0.5, 0.6) is 0 Å². The second-order valence-electron chi connectivity index (χ2n) is 3.99. The van der Waals surface area contributed by atoms with Crippen LogP contribution in [0.3, 0.4) is 0 Å². The fourth-order valence-electron chi connectivity index (χ4n) is 1.55. The van der Waals surface area contributed by atoms with E-state index in [1.165, 1.54) is 31.2 Å². The van der Waals surface area contributed by atoms with Crippen molar-refractivity contribution in [2.75, 3.05) is 18.5 Å². The largest absolute Gasteiger partial charge is 0.377 e. The minimum Gasteiger partial charge on any atom is -0.377 e. The summed E-state index contributed by atoms with van der Waals surface area (Å²) in [5.74, 6) is 0. The zero-order chi connectivity index (χ0) is 12.2. The van der Waals surface area contributed by atoms with Crippen LogP contribution in [-0.2, 0) is 4.74 Å². The van der Waals surface area contributed by atoms with E-state index in [9.17, 15) is 0 Å². The number of unbranched alkanes of at least 4 members (excludes halogenated alkanes) is 3. The van der Waals surface area contributed by atoms with Crippen molar-refractivity contribution in [3.05, 3.63) is 42.0 Å². The van der Waals surface area contributed by atoms with E-state index in [-0.39, 0.29) is 0 Å². The first-order valence-corrected chi connectivity index (χ1v) is 7.41. The summed E-state index contributed by atoms with van der Waals surface area (Å²) in [5, 5.41) is 1.12. The van der Waals surface area contributed by atoms with Crippen LogP contribution in [0.15, 0.2) is 36.4 Å². The summed E-state index contributed by atoms with van der Waals surface area (Å²) in [7, 11) is 0. The van der Waals surface area contributed by atoms with Gasteiger partial charge >= 0.3 is 0 Å². The molecular weight excluding hydrogens is 276 g/mol. The van der Waals surface area contributed by atoms with Crippen molar-refractivity contribution >= 4 is 22.0 Å². The van der Waals surface area contributed by atoms with Gasteiger partial charge in [0.15, 0.2) is 0 Å². The quantitative estimate of drug-likeness (QED) is 0.475. The SMILES string of the molecule is BrCCCCCCOCC=Cc1ccccc1. The Balaban J connectivity index is 1.95. The molecule has 1 nitrogen and oxygen atoms in total. The summed E-state index contributed by atoms with van der Waals surface area (Å²) in [6.07, 6.45) is 9.20. The number of hydrogen-bond donors (Lipinski definition) is 0. The van der Waals surface area contributed by atoms with Gasteiger partial charge in [-0.2, -0.15) is 0 Å². The first-order valence-electron chi connectivity index (χ1n) is 6.29. The van der Waals surface area contributed by atoms with Crippen LogP contribution >= 0.6 is 15.9 Å². The molecule has 0 bridgehead atoms. The highest BCUT2D eigenvalue weighted by Gasteiger charge is 1.89. The zero-order valence-electron chi connectivity index (χ0n) is 10.3. The Morgan fingerprint density at radius 3 is 2.53 bits per heavy atom. The van der Waals surface area contributed by atoms with Gasteiger partial charge in [0.2, 0.25) is 0 Å². The van der Waals surface area contributed by atoms with Crippen LogP contribution in [0.2, 0.25) is 0 Å². The van der Waals surface area contributed by atoms with Crippen molar-refractivity contribution in [1.29, 1.82) is 0 Å². The molecule has 0 unspecified atom stereocenters. The number of benzene rings is 1. The van der Waals surface area contributed by atoms with Crippen LogP contribution in [0.1, 0.15) is 31.2 Å². The maximum absolute atomic E-state index is 5.54. The second-order valence-corrected chi connectivity index (χ2v) is 4.78. The fraction of sp³-hybridized carbons (Fsp3) is 0.467. The Morgan fingerprint density at radius 2 is 1.76 bits per heavy atom. The minimum atomic E-state index is 0.716. The fourth-order valence-corrected chi connectivity index (χ4v) is 1.95. The van der Waals surface area contributed by atoms with E-state index in [2.05, 4.69) is 40.2 Å². The third-order valence-corrected chi connectivity index (χ3v) is 3.06. The Kier molecular flexibility index (Phi) is 8.97. The first-order chi connectivity index (χ1) is 8.43. The van der Waals surface area contributed by atoms with E-state index in [0.29, 0.717) is 6.61 Å². The minimum absolute atomic E-state index is 0.716. The van der Waals surface area contributed by atoms with Crippen molar-refractivity contribution in [2.45, 2.75) is 25.7 Å². The zero-order valence-corrected chi connectivity index (χ0v) is 11.9. The Morgan fingerprint density at radius 1 is 1.00 bits per heavy atom. The van der Waals surface area contributed by atoms with E-state index in [0.717, 1.165) is 11.9 Å². The predicted octanol–water partition coefficient (Wildman–Crippen LogP) is 4.67. The summed E-state index contributed by atoms with van der Waals surface area (Å²) in [4.78, 5) is 0. The van der Waals surface area contributed by atoms with Gasteiger partial charge < -0.3 is 4.74 Å². The van der Waals surface area contributed by atoms with Gasteiger partial charge in [-0.05, 0) is 18.4 Å². The van der Waals surface area contributed by atoms with Gasteiger partial charge in [0.25, 0.3) is 0 Å². The molecule has 0 aromatic heterocycles. The third kappa shape index (κ3) is 8.17. The molecule has 0 amide bonds. The van der Waals surface area contributed by atoms with E-state index in [4.69, 9.17) is 4.74 Å². The summed E-state index contributed by atoms with van der Waals surface area (Å²) in [6, 6.07) is 10.3. The number of halogens is 1. The van der Waals surface area contributed by atoms with E-state index in [1.54, 1.807) is 0 Å². The standard InChI is InChI=1S/C15H21BrO/c16-12-6-1-2-7-13-17-14-8-11-15-9-4-3-5-10-15/h3-5,8-11H,1-2,6-7,12-14H2. The van der Waals surface area contributed by atoms with Gasteiger partial charge in [-0.1, -0.05) is 71.3 Å². The molecule has 1 aromatic carbocycles. The van der Waals surface area contributed by atoms with Crippen LogP contribution in [0, 0.1) is 0 Å². The molecule has 0 atom stereocenters. The normalized spacial score (nSPS) is 11.1. The van der Waals surface area contributed by atoms with Crippen LogP contribution in [0.4, 0.5) is 0 Å². The number of rotatable bonds is 9. The van der Waals surface area contributed by atoms with Gasteiger partial charge in [0, 0.05) is 11.9 Å². The third-order valence-electron chi connectivity index (χ3n) is 2.50. The molecule has 2 heteroatoms. The molecule has 0 aliphatic rings. The molecule has 0 saturated carbocycles. The molecule has 0 N–H and O–H groups in total. The molecule has 0 heterocycles. The number of alkyl halides is 1. The van der Waals surface area contributed by atoms with Crippen molar-refractivity contribution < 1.29 is 4.74 Å². The summed E-state index contributed by atoms with van der Waals surface area (Å²) in [6.45, 7) is 1.59. The van der Waals surface area contributed by atoms with Crippen LogP contribution in [-0.4, -0.2) is 18.5 Å². The highest BCUT2D eigenvalue weighted by Crippen LogP contribution is 2.03. The van der Waals surface area contributed by atoms with Gasteiger partial charge in [-0.3, -0.25) is 0 Å². The molecule has 94 valence electrons. The average Bonchev–Trinajstić information content (AvgIpc) is 2.38. The summed E-state index contributed by atoms with van der Waals surface area (Å²) < 4.78 is 5.54. The average molecular weight is 297 g/mol. The summed E-state index contributed by atoms with van der Waals surface area (Å²) in [5.41, 5.74) is 1.23. The molecule has 0 radical (unpaired) electrons. The molecule has 1 aromatic rings. The number of hydrogen-bond acceptors (Lipinski definition) is 1. The molecule has 17 heavy (non-hydrogen) atoms. The van der Waals surface area contributed by atoms with Crippen LogP contribution in [0.25, 0.3) is 6.08 Å². The lowest BCUT2D eigenvalue weighted by Gasteiger charge is -2.00. The Hall–Kier alpha value is -0.600. The monoisotopic (exact) mass is 296 g/mol. The molecule has 0 aliphatic heterocycles. The second kappa shape index (κ2) is 10.5. The lowest BCUT2D eigenvalue weighted by Crippen LogP contribution is -1.94. The lowest BCUT2D eigenvalue weighted by atomic mass is 10.2. The Bertz CT molecular complexity index is 295. The predicted molar refractivity (Wildman–Crippen MR) is 78.6 cm³/mol. The van der Waals surface area contributed by atoms with Gasteiger partial charge in [0.1, 0.15) is 0 Å². The highest BCUT2D eigenvalue weighted by molar-refractivity contribution is 9.09. The number of ether oxygens (including phenoxy) is 1. The highest BCUT2D eigenvalue weighted by atomic mass is 79.9. The Labute approximate surface area is 113 Å². The lowest BCUT2D eigenvalue weighted by molar-refractivity contribution is 0.157. The topological polar surface area (TPSA) is 9.23 Å². The van der Waals surface area contributed by atoms with Crippen LogP contribution < -0.4 is 0 Å². The maximum Gasteiger partial charge on any atom is 0.0650 e. The maximum atomic E-state index is 5.54. The van der Waals surface area contributed by atoms with Crippen molar-refractivity contribution in [3.63, 3.8) is 0 Å². The summed E-state index contributed by atoms with van der Waals surface area (Å²) >= 11 is 3.43. The van der Waals surface area contributed by atoms with E-state index >= 15 is 0 Å². The van der Waals surface area contributed by atoms with Crippen molar-refractivity contribution in [3.8, 4) is 0 Å². The smallest absolute Gasteiger partial charge is 0.0650 e.